The summed E-state index contributed by atoms with van der Waals surface area (Å²) in [5.74, 6) is 0. The number of nitrogens with zero attached hydrogens (tertiary/aromatic N) is 2. The summed E-state index contributed by atoms with van der Waals surface area (Å²) in [6.45, 7) is 5.70. The standard InChI is InChI=1S/C18H24F3N3/c1-4-24-10-15(5-12(2)22-11-18(19,20)21)16-6-13-8-23(3)9-14(13)7-17(16)24/h6-7,10,12,22H,4-5,8-9,11H2,1-3H3. The first-order valence-electron chi connectivity index (χ1n) is 8.39. The summed E-state index contributed by atoms with van der Waals surface area (Å²) < 4.78 is 39.3. The van der Waals surface area contributed by atoms with Crippen LogP contribution in [0.3, 0.4) is 0 Å². The zero-order valence-electron chi connectivity index (χ0n) is 14.4. The fourth-order valence-electron chi connectivity index (χ4n) is 3.55. The number of nitrogens with one attached hydrogen (secondary N) is 1. The maximum Gasteiger partial charge on any atom is 0.401 e. The van der Waals surface area contributed by atoms with E-state index in [1.807, 2.05) is 6.92 Å². The minimum atomic E-state index is -4.17. The second-order valence-electron chi connectivity index (χ2n) is 6.85. The van der Waals surface area contributed by atoms with E-state index in [1.54, 1.807) is 0 Å². The van der Waals surface area contributed by atoms with Crippen LogP contribution in [0.5, 0.6) is 0 Å². The lowest BCUT2D eigenvalue weighted by molar-refractivity contribution is -0.126. The summed E-state index contributed by atoms with van der Waals surface area (Å²) in [4.78, 5) is 2.27. The summed E-state index contributed by atoms with van der Waals surface area (Å²) in [6.07, 6.45) is -1.49. The highest BCUT2D eigenvalue weighted by atomic mass is 19.4. The van der Waals surface area contributed by atoms with Crippen LogP contribution in [-0.2, 0) is 26.1 Å². The van der Waals surface area contributed by atoms with Gasteiger partial charge in [0.15, 0.2) is 0 Å². The average molecular weight is 339 g/mol. The Morgan fingerprint density at radius 2 is 1.88 bits per heavy atom. The lowest BCUT2D eigenvalue weighted by atomic mass is 10.0. The van der Waals surface area contributed by atoms with E-state index in [0.29, 0.717) is 6.42 Å². The largest absolute Gasteiger partial charge is 0.401 e. The van der Waals surface area contributed by atoms with Gasteiger partial charge in [-0.15, -0.1) is 0 Å². The van der Waals surface area contributed by atoms with Crippen LogP contribution in [0.15, 0.2) is 18.3 Å². The normalized spacial score (nSPS) is 16.8. The highest BCUT2D eigenvalue weighted by Gasteiger charge is 2.27. The molecule has 0 radical (unpaired) electrons. The van der Waals surface area contributed by atoms with E-state index in [9.17, 15) is 13.2 Å². The fourth-order valence-corrected chi connectivity index (χ4v) is 3.55. The van der Waals surface area contributed by atoms with Gasteiger partial charge in [-0.05, 0) is 56.1 Å². The molecule has 0 saturated heterocycles. The van der Waals surface area contributed by atoms with Crippen molar-refractivity contribution in [3.05, 3.63) is 35.0 Å². The fraction of sp³-hybridized carbons (Fsp3) is 0.556. The van der Waals surface area contributed by atoms with Crippen LogP contribution in [0.25, 0.3) is 10.9 Å². The maximum atomic E-state index is 12.4. The van der Waals surface area contributed by atoms with Crippen molar-refractivity contribution in [2.45, 2.75) is 52.1 Å². The summed E-state index contributed by atoms with van der Waals surface area (Å²) in [5.41, 5.74) is 4.99. The van der Waals surface area contributed by atoms with Gasteiger partial charge in [-0.3, -0.25) is 4.90 Å². The summed E-state index contributed by atoms with van der Waals surface area (Å²) in [5, 5.41) is 3.75. The Labute approximate surface area is 140 Å². The molecule has 0 aliphatic carbocycles. The van der Waals surface area contributed by atoms with Gasteiger partial charge in [0.25, 0.3) is 0 Å². The molecule has 2 heterocycles. The lowest BCUT2D eigenvalue weighted by Crippen LogP contribution is -2.36. The topological polar surface area (TPSA) is 20.2 Å². The molecular formula is C18H24F3N3. The van der Waals surface area contributed by atoms with Crippen LogP contribution < -0.4 is 5.32 Å². The van der Waals surface area contributed by atoms with Crippen LogP contribution >= 0.6 is 0 Å². The number of halogens is 3. The van der Waals surface area contributed by atoms with E-state index in [2.05, 4.69) is 47.1 Å². The van der Waals surface area contributed by atoms with Crippen molar-refractivity contribution in [3.63, 3.8) is 0 Å². The summed E-state index contributed by atoms with van der Waals surface area (Å²) in [6, 6.07) is 4.25. The number of benzene rings is 1. The van der Waals surface area contributed by atoms with Crippen molar-refractivity contribution < 1.29 is 13.2 Å². The van der Waals surface area contributed by atoms with Crippen molar-refractivity contribution in [2.24, 2.45) is 0 Å². The first-order chi connectivity index (χ1) is 11.3. The van der Waals surface area contributed by atoms with Gasteiger partial charge < -0.3 is 9.88 Å². The minimum absolute atomic E-state index is 0.224. The molecule has 1 aromatic carbocycles. The van der Waals surface area contributed by atoms with Crippen LogP contribution in [0, 0.1) is 0 Å². The van der Waals surface area contributed by atoms with Crippen molar-refractivity contribution >= 4 is 10.9 Å². The van der Waals surface area contributed by atoms with Gasteiger partial charge in [0.05, 0.1) is 6.54 Å². The molecule has 6 heteroatoms. The van der Waals surface area contributed by atoms with Crippen LogP contribution in [-0.4, -0.2) is 35.3 Å². The lowest BCUT2D eigenvalue weighted by Gasteiger charge is -2.15. The average Bonchev–Trinajstić information content (AvgIpc) is 3.01. The number of aryl methyl sites for hydroxylation is 1. The Morgan fingerprint density at radius 1 is 1.21 bits per heavy atom. The Morgan fingerprint density at radius 3 is 2.50 bits per heavy atom. The Bertz CT molecular complexity index is 733. The number of hydrogen-bond acceptors (Lipinski definition) is 2. The number of aromatic nitrogens is 1. The number of alkyl halides is 3. The molecule has 1 aliphatic rings. The van der Waals surface area contributed by atoms with Crippen LogP contribution in [0.1, 0.15) is 30.5 Å². The molecule has 1 N–H and O–H groups in total. The third-order valence-electron chi connectivity index (χ3n) is 4.68. The second kappa shape index (κ2) is 6.41. The van der Waals surface area contributed by atoms with E-state index in [1.165, 1.54) is 22.0 Å². The van der Waals surface area contributed by atoms with Gasteiger partial charge >= 0.3 is 6.18 Å². The van der Waals surface area contributed by atoms with Gasteiger partial charge in [-0.25, -0.2) is 0 Å². The van der Waals surface area contributed by atoms with Crippen LogP contribution in [0.4, 0.5) is 13.2 Å². The molecule has 0 fully saturated rings. The summed E-state index contributed by atoms with van der Waals surface area (Å²) in [7, 11) is 2.10. The highest BCUT2D eigenvalue weighted by molar-refractivity contribution is 5.86. The minimum Gasteiger partial charge on any atom is -0.347 e. The second-order valence-corrected chi connectivity index (χ2v) is 6.85. The van der Waals surface area contributed by atoms with Crippen molar-refractivity contribution in [2.75, 3.05) is 13.6 Å². The van der Waals surface area contributed by atoms with E-state index < -0.39 is 12.7 Å². The van der Waals surface area contributed by atoms with Gasteiger partial charge in [-0.1, -0.05) is 0 Å². The molecule has 0 saturated carbocycles. The molecule has 3 rings (SSSR count). The Balaban J connectivity index is 1.87. The summed E-state index contributed by atoms with van der Waals surface area (Å²) >= 11 is 0. The molecule has 2 aromatic rings. The van der Waals surface area contributed by atoms with Crippen LogP contribution in [0.2, 0.25) is 0 Å². The van der Waals surface area contributed by atoms with E-state index >= 15 is 0 Å². The zero-order valence-corrected chi connectivity index (χ0v) is 14.4. The molecule has 0 bridgehead atoms. The first-order valence-corrected chi connectivity index (χ1v) is 8.39. The van der Waals surface area contributed by atoms with Crippen molar-refractivity contribution in [1.82, 2.24) is 14.8 Å². The molecule has 0 amide bonds. The van der Waals surface area contributed by atoms with E-state index in [0.717, 1.165) is 25.2 Å². The zero-order chi connectivity index (χ0) is 17.5. The smallest absolute Gasteiger partial charge is 0.347 e. The predicted molar refractivity (Wildman–Crippen MR) is 90.0 cm³/mol. The molecular weight excluding hydrogens is 315 g/mol. The number of fused-ring (bicyclic) bond motifs is 2. The SMILES string of the molecule is CCn1cc(CC(C)NCC(F)(F)F)c2cc3c(cc21)CN(C)C3. The molecule has 1 aromatic heterocycles. The van der Waals surface area contributed by atoms with Crippen molar-refractivity contribution in [1.29, 1.82) is 0 Å². The monoisotopic (exact) mass is 339 g/mol. The Hall–Kier alpha value is -1.53. The van der Waals surface area contributed by atoms with E-state index in [4.69, 9.17) is 0 Å². The third-order valence-corrected chi connectivity index (χ3v) is 4.68. The van der Waals surface area contributed by atoms with Gasteiger partial charge in [-0.2, -0.15) is 13.2 Å². The Kier molecular flexibility index (Phi) is 4.62. The molecule has 1 atom stereocenters. The van der Waals surface area contributed by atoms with Crippen molar-refractivity contribution in [3.8, 4) is 0 Å². The van der Waals surface area contributed by atoms with Gasteiger partial charge in [0.1, 0.15) is 0 Å². The molecule has 24 heavy (non-hydrogen) atoms. The molecule has 3 nitrogen and oxygen atoms in total. The molecule has 0 spiro atoms. The number of rotatable bonds is 5. The van der Waals surface area contributed by atoms with Gasteiger partial charge in [0.2, 0.25) is 0 Å². The van der Waals surface area contributed by atoms with E-state index in [-0.39, 0.29) is 6.04 Å². The quantitative estimate of drug-likeness (QED) is 0.896. The maximum absolute atomic E-state index is 12.4. The molecule has 1 unspecified atom stereocenters. The first kappa shape index (κ1) is 17.3. The molecule has 132 valence electrons. The third kappa shape index (κ3) is 3.59. The predicted octanol–water partition coefficient (Wildman–Crippen LogP) is 3.69. The highest BCUT2D eigenvalue weighted by Crippen LogP contribution is 2.31. The number of hydrogen-bond donors (Lipinski definition) is 1. The van der Waals surface area contributed by atoms with Gasteiger partial charge in [0, 0.05) is 42.8 Å². The molecule has 1 aliphatic heterocycles.